The first-order valence-corrected chi connectivity index (χ1v) is 11.9. The maximum Gasteiger partial charge on any atom is 0.223 e. The SMILES string of the molecule is Cc1cccc(-c2nc(C)c(C(C)C)c(N3CCN(C(=O)CCc4ccccc4)CC3)n2)c1. The highest BCUT2D eigenvalue weighted by atomic mass is 16.2. The summed E-state index contributed by atoms with van der Waals surface area (Å²) in [7, 11) is 0. The van der Waals surface area contributed by atoms with Crippen molar-refractivity contribution in [1.29, 1.82) is 0 Å². The number of rotatable bonds is 6. The summed E-state index contributed by atoms with van der Waals surface area (Å²) >= 11 is 0. The van der Waals surface area contributed by atoms with Gasteiger partial charge in [0.05, 0.1) is 0 Å². The Kier molecular flexibility index (Phi) is 7.07. The minimum absolute atomic E-state index is 0.238. The van der Waals surface area contributed by atoms with Crippen LogP contribution in [0.2, 0.25) is 0 Å². The monoisotopic (exact) mass is 442 g/mol. The highest BCUT2D eigenvalue weighted by molar-refractivity contribution is 5.77. The van der Waals surface area contributed by atoms with Crippen LogP contribution in [0.25, 0.3) is 11.4 Å². The molecule has 0 aliphatic carbocycles. The lowest BCUT2D eigenvalue weighted by molar-refractivity contribution is -0.131. The van der Waals surface area contributed by atoms with Crippen molar-refractivity contribution in [2.75, 3.05) is 31.1 Å². The highest BCUT2D eigenvalue weighted by Crippen LogP contribution is 2.31. The Bertz CT molecular complexity index is 1100. The van der Waals surface area contributed by atoms with E-state index in [1.807, 2.05) is 23.1 Å². The summed E-state index contributed by atoms with van der Waals surface area (Å²) in [5.41, 5.74) is 5.70. The molecule has 5 heteroatoms. The van der Waals surface area contributed by atoms with Gasteiger partial charge in [0.25, 0.3) is 0 Å². The van der Waals surface area contributed by atoms with Crippen LogP contribution < -0.4 is 4.90 Å². The van der Waals surface area contributed by atoms with Crippen molar-refractivity contribution in [3.05, 3.63) is 77.0 Å². The van der Waals surface area contributed by atoms with Crippen LogP contribution in [0.1, 0.15) is 48.6 Å². The van der Waals surface area contributed by atoms with E-state index in [1.165, 1.54) is 16.7 Å². The molecule has 3 aromatic rings. The van der Waals surface area contributed by atoms with Crippen molar-refractivity contribution in [1.82, 2.24) is 14.9 Å². The summed E-state index contributed by atoms with van der Waals surface area (Å²) in [4.78, 5) is 27.0. The van der Waals surface area contributed by atoms with Gasteiger partial charge < -0.3 is 9.80 Å². The van der Waals surface area contributed by atoms with E-state index in [-0.39, 0.29) is 5.91 Å². The fourth-order valence-electron chi connectivity index (χ4n) is 4.62. The minimum atomic E-state index is 0.238. The number of carbonyl (C=O) groups excluding carboxylic acids is 1. The first-order valence-electron chi connectivity index (χ1n) is 11.9. The standard InChI is InChI=1S/C28H34N4O/c1-20(2)26-22(4)29-27(24-12-8-9-21(3)19-24)30-28(26)32-17-15-31(16-18-32)25(33)14-13-23-10-6-5-7-11-23/h5-12,19-20H,13-18H2,1-4H3. The molecule has 1 fully saturated rings. The van der Waals surface area contributed by atoms with E-state index in [1.54, 1.807) is 0 Å². The maximum atomic E-state index is 12.8. The zero-order valence-corrected chi connectivity index (χ0v) is 20.2. The molecule has 33 heavy (non-hydrogen) atoms. The fraction of sp³-hybridized carbons (Fsp3) is 0.393. The van der Waals surface area contributed by atoms with Crippen molar-refractivity contribution in [3.8, 4) is 11.4 Å². The number of anilines is 1. The van der Waals surface area contributed by atoms with Crippen molar-refractivity contribution in [2.45, 2.75) is 46.5 Å². The zero-order chi connectivity index (χ0) is 23.4. The molecule has 0 N–H and O–H groups in total. The maximum absolute atomic E-state index is 12.8. The van der Waals surface area contributed by atoms with E-state index in [4.69, 9.17) is 9.97 Å². The molecule has 1 aliphatic rings. The quantitative estimate of drug-likeness (QED) is 0.529. The predicted octanol–water partition coefficient (Wildman–Crippen LogP) is 5.17. The van der Waals surface area contributed by atoms with Crippen molar-refractivity contribution >= 4 is 11.7 Å². The molecule has 0 spiro atoms. The summed E-state index contributed by atoms with van der Waals surface area (Å²) < 4.78 is 0. The number of amides is 1. The number of aryl methyl sites for hydroxylation is 3. The number of nitrogens with zero attached hydrogens (tertiary/aromatic N) is 4. The average molecular weight is 443 g/mol. The van der Waals surface area contributed by atoms with Gasteiger partial charge in [0.2, 0.25) is 5.91 Å². The minimum Gasteiger partial charge on any atom is -0.353 e. The molecule has 2 heterocycles. The van der Waals surface area contributed by atoms with Crippen LogP contribution in [0.4, 0.5) is 5.82 Å². The molecular weight excluding hydrogens is 408 g/mol. The molecule has 0 unspecified atom stereocenters. The van der Waals surface area contributed by atoms with Gasteiger partial charge in [0.15, 0.2) is 5.82 Å². The first kappa shape index (κ1) is 23.0. The summed E-state index contributed by atoms with van der Waals surface area (Å²) in [5.74, 6) is 2.36. The molecule has 1 aromatic heterocycles. The van der Waals surface area contributed by atoms with Gasteiger partial charge in [-0.1, -0.05) is 67.9 Å². The van der Waals surface area contributed by atoms with Crippen LogP contribution in [0.5, 0.6) is 0 Å². The second kappa shape index (κ2) is 10.2. The molecule has 0 atom stereocenters. The summed E-state index contributed by atoms with van der Waals surface area (Å²) in [6.45, 7) is 11.6. The van der Waals surface area contributed by atoms with Crippen molar-refractivity contribution in [3.63, 3.8) is 0 Å². The lowest BCUT2D eigenvalue weighted by Gasteiger charge is -2.37. The molecule has 1 saturated heterocycles. The second-order valence-electron chi connectivity index (χ2n) is 9.25. The lowest BCUT2D eigenvalue weighted by atomic mass is 10.0. The van der Waals surface area contributed by atoms with Gasteiger partial charge in [0.1, 0.15) is 5.82 Å². The van der Waals surface area contributed by atoms with E-state index < -0.39 is 0 Å². The van der Waals surface area contributed by atoms with Crippen LogP contribution in [0, 0.1) is 13.8 Å². The molecule has 0 radical (unpaired) electrons. The van der Waals surface area contributed by atoms with Crippen molar-refractivity contribution in [2.24, 2.45) is 0 Å². The van der Waals surface area contributed by atoms with Crippen molar-refractivity contribution < 1.29 is 4.79 Å². The number of aromatic nitrogens is 2. The van der Waals surface area contributed by atoms with Crippen LogP contribution in [0.3, 0.4) is 0 Å². The predicted molar refractivity (Wildman–Crippen MR) is 135 cm³/mol. The third-order valence-electron chi connectivity index (χ3n) is 6.37. The highest BCUT2D eigenvalue weighted by Gasteiger charge is 2.26. The van der Waals surface area contributed by atoms with Gasteiger partial charge in [-0.05, 0) is 37.8 Å². The van der Waals surface area contributed by atoms with Gasteiger partial charge in [-0.25, -0.2) is 9.97 Å². The van der Waals surface area contributed by atoms with Gasteiger partial charge in [0, 0.05) is 49.4 Å². The van der Waals surface area contributed by atoms with Crippen LogP contribution in [-0.4, -0.2) is 47.0 Å². The number of hydrogen-bond acceptors (Lipinski definition) is 4. The molecule has 1 amide bonds. The fourth-order valence-corrected chi connectivity index (χ4v) is 4.62. The van der Waals surface area contributed by atoms with E-state index in [9.17, 15) is 4.79 Å². The molecule has 1 aliphatic heterocycles. The summed E-state index contributed by atoms with van der Waals surface area (Å²) in [5, 5.41) is 0. The number of hydrogen-bond donors (Lipinski definition) is 0. The second-order valence-corrected chi connectivity index (χ2v) is 9.25. The lowest BCUT2D eigenvalue weighted by Crippen LogP contribution is -2.49. The molecule has 5 nitrogen and oxygen atoms in total. The molecular formula is C28H34N4O. The molecule has 2 aromatic carbocycles. The van der Waals surface area contributed by atoms with E-state index >= 15 is 0 Å². The van der Waals surface area contributed by atoms with E-state index in [0.29, 0.717) is 12.3 Å². The average Bonchev–Trinajstić information content (AvgIpc) is 2.82. The van der Waals surface area contributed by atoms with Gasteiger partial charge in [-0.15, -0.1) is 0 Å². The Balaban J connectivity index is 1.49. The van der Waals surface area contributed by atoms with Gasteiger partial charge in [-0.3, -0.25) is 4.79 Å². The third kappa shape index (κ3) is 5.41. The zero-order valence-electron chi connectivity index (χ0n) is 20.2. The normalized spacial score (nSPS) is 14.1. The topological polar surface area (TPSA) is 49.3 Å². The van der Waals surface area contributed by atoms with Crippen LogP contribution >= 0.6 is 0 Å². The Morgan fingerprint density at radius 1 is 0.939 bits per heavy atom. The Hall–Kier alpha value is -3.21. The molecule has 4 rings (SSSR count). The van der Waals surface area contributed by atoms with Gasteiger partial charge in [-0.2, -0.15) is 0 Å². The smallest absolute Gasteiger partial charge is 0.223 e. The Morgan fingerprint density at radius 2 is 1.67 bits per heavy atom. The number of piperazine rings is 1. The van der Waals surface area contributed by atoms with Crippen LogP contribution in [-0.2, 0) is 11.2 Å². The molecule has 0 saturated carbocycles. The molecule has 0 bridgehead atoms. The number of benzene rings is 2. The van der Waals surface area contributed by atoms with E-state index in [0.717, 1.165) is 55.5 Å². The largest absolute Gasteiger partial charge is 0.353 e. The third-order valence-corrected chi connectivity index (χ3v) is 6.37. The molecule has 172 valence electrons. The van der Waals surface area contributed by atoms with Crippen LogP contribution in [0.15, 0.2) is 54.6 Å². The Labute approximate surface area is 197 Å². The number of carbonyl (C=O) groups is 1. The summed E-state index contributed by atoms with van der Waals surface area (Å²) in [6, 6.07) is 18.6. The van der Waals surface area contributed by atoms with Gasteiger partial charge >= 0.3 is 0 Å². The van der Waals surface area contributed by atoms with E-state index in [2.05, 4.69) is 69.0 Å². The Morgan fingerprint density at radius 3 is 2.33 bits per heavy atom. The summed E-state index contributed by atoms with van der Waals surface area (Å²) in [6.07, 6.45) is 1.35. The first-order chi connectivity index (χ1) is 15.9.